The maximum Gasteiger partial charge on any atom is 0.340 e. The standard InChI is InChI=1S/C11H12ClNO2/c1-2-15-11(14)9-6-8(12)5-7-3-4-13-10(7)9/h5-6,13H,2-4H2,1H3. The van der Waals surface area contributed by atoms with Gasteiger partial charge in [0.05, 0.1) is 17.9 Å². The zero-order valence-electron chi connectivity index (χ0n) is 8.47. The normalized spacial score (nSPS) is 13.2. The molecule has 0 amide bonds. The molecule has 1 aromatic rings. The van der Waals surface area contributed by atoms with Gasteiger partial charge in [-0.2, -0.15) is 0 Å². The molecule has 80 valence electrons. The molecule has 3 nitrogen and oxygen atoms in total. The monoisotopic (exact) mass is 225 g/mol. The van der Waals surface area contributed by atoms with Crippen LogP contribution in [-0.4, -0.2) is 19.1 Å². The molecule has 0 fully saturated rings. The van der Waals surface area contributed by atoms with Crippen molar-refractivity contribution in [2.24, 2.45) is 0 Å². The number of halogens is 1. The SMILES string of the molecule is CCOC(=O)c1cc(Cl)cc2c1NCC2. The highest BCUT2D eigenvalue weighted by Crippen LogP contribution is 2.30. The van der Waals surface area contributed by atoms with Crippen molar-refractivity contribution in [3.63, 3.8) is 0 Å². The molecule has 1 heterocycles. The van der Waals surface area contributed by atoms with Gasteiger partial charge in [-0.15, -0.1) is 0 Å². The van der Waals surface area contributed by atoms with Crippen molar-refractivity contribution in [2.45, 2.75) is 13.3 Å². The molecule has 1 aliphatic heterocycles. The van der Waals surface area contributed by atoms with Gasteiger partial charge >= 0.3 is 5.97 Å². The van der Waals surface area contributed by atoms with Crippen molar-refractivity contribution in [1.82, 2.24) is 0 Å². The first-order valence-electron chi connectivity index (χ1n) is 4.95. The fraction of sp³-hybridized carbons (Fsp3) is 0.364. The smallest absolute Gasteiger partial charge is 0.340 e. The average molecular weight is 226 g/mol. The van der Waals surface area contributed by atoms with E-state index in [2.05, 4.69) is 5.32 Å². The molecule has 1 N–H and O–H groups in total. The number of nitrogens with one attached hydrogen (secondary N) is 1. The van der Waals surface area contributed by atoms with E-state index in [0.29, 0.717) is 17.2 Å². The molecule has 1 aromatic carbocycles. The summed E-state index contributed by atoms with van der Waals surface area (Å²) in [5.74, 6) is -0.314. The van der Waals surface area contributed by atoms with Crippen molar-refractivity contribution in [3.05, 3.63) is 28.3 Å². The van der Waals surface area contributed by atoms with Gasteiger partial charge in [0.2, 0.25) is 0 Å². The summed E-state index contributed by atoms with van der Waals surface area (Å²) in [6, 6.07) is 3.54. The number of fused-ring (bicyclic) bond motifs is 1. The maximum atomic E-state index is 11.6. The summed E-state index contributed by atoms with van der Waals surface area (Å²) in [6.07, 6.45) is 0.905. The third-order valence-corrected chi connectivity index (χ3v) is 2.59. The van der Waals surface area contributed by atoms with Gasteiger partial charge in [-0.3, -0.25) is 0 Å². The summed E-state index contributed by atoms with van der Waals surface area (Å²) < 4.78 is 4.97. The Balaban J connectivity index is 2.42. The number of rotatable bonds is 2. The minimum Gasteiger partial charge on any atom is -0.462 e. The average Bonchev–Trinajstić information content (AvgIpc) is 2.64. The molecule has 15 heavy (non-hydrogen) atoms. The molecule has 0 saturated heterocycles. The van der Waals surface area contributed by atoms with Crippen LogP contribution in [-0.2, 0) is 11.2 Å². The third kappa shape index (κ3) is 1.92. The van der Waals surface area contributed by atoms with Gasteiger partial charge in [-0.25, -0.2) is 4.79 Å². The van der Waals surface area contributed by atoms with Crippen LogP contribution in [0.3, 0.4) is 0 Å². The van der Waals surface area contributed by atoms with Crippen molar-refractivity contribution in [3.8, 4) is 0 Å². The van der Waals surface area contributed by atoms with E-state index < -0.39 is 0 Å². The van der Waals surface area contributed by atoms with Crippen LogP contribution >= 0.6 is 11.6 Å². The maximum absolute atomic E-state index is 11.6. The van der Waals surface area contributed by atoms with E-state index in [1.807, 2.05) is 6.07 Å². The van der Waals surface area contributed by atoms with Crippen LogP contribution < -0.4 is 5.32 Å². The van der Waals surface area contributed by atoms with Crippen LogP contribution in [0.15, 0.2) is 12.1 Å². The van der Waals surface area contributed by atoms with E-state index in [4.69, 9.17) is 16.3 Å². The summed E-state index contributed by atoms with van der Waals surface area (Å²) in [7, 11) is 0. The molecule has 0 aromatic heterocycles. The number of hydrogen-bond donors (Lipinski definition) is 1. The van der Waals surface area contributed by atoms with Crippen molar-refractivity contribution >= 4 is 23.3 Å². The number of anilines is 1. The molecule has 1 aliphatic rings. The van der Waals surface area contributed by atoms with Gasteiger partial charge < -0.3 is 10.1 Å². The molecular formula is C11H12ClNO2. The minimum absolute atomic E-state index is 0.314. The number of ether oxygens (including phenoxy) is 1. The molecular weight excluding hydrogens is 214 g/mol. The van der Waals surface area contributed by atoms with E-state index in [-0.39, 0.29) is 5.97 Å². The molecule has 0 spiro atoms. The molecule has 0 bridgehead atoms. The van der Waals surface area contributed by atoms with Gasteiger partial charge in [0.15, 0.2) is 0 Å². The Morgan fingerprint density at radius 2 is 2.40 bits per heavy atom. The summed E-state index contributed by atoms with van der Waals surface area (Å²) >= 11 is 5.94. The number of benzene rings is 1. The summed E-state index contributed by atoms with van der Waals surface area (Å²) in [5.41, 5.74) is 2.50. The van der Waals surface area contributed by atoms with Crippen molar-refractivity contribution < 1.29 is 9.53 Å². The number of carbonyl (C=O) groups excluding carboxylic acids is 1. The second kappa shape index (κ2) is 4.11. The zero-order valence-corrected chi connectivity index (χ0v) is 9.23. The Hall–Kier alpha value is -1.22. The van der Waals surface area contributed by atoms with Gasteiger partial charge in [0, 0.05) is 11.6 Å². The lowest BCUT2D eigenvalue weighted by molar-refractivity contribution is 0.0527. The summed E-state index contributed by atoms with van der Waals surface area (Å²) in [4.78, 5) is 11.6. The van der Waals surface area contributed by atoms with Crippen LogP contribution in [0.25, 0.3) is 0 Å². The van der Waals surface area contributed by atoms with Crippen LogP contribution in [0, 0.1) is 0 Å². The Kier molecular flexibility index (Phi) is 2.82. The third-order valence-electron chi connectivity index (χ3n) is 2.38. The molecule has 0 aliphatic carbocycles. The van der Waals surface area contributed by atoms with E-state index in [0.717, 1.165) is 24.2 Å². The lowest BCUT2D eigenvalue weighted by Crippen LogP contribution is -2.07. The first-order chi connectivity index (χ1) is 7.22. The quantitative estimate of drug-likeness (QED) is 0.786. The highest BCUT2D eigenvalue weighted by Gasteiger charge is 2.20. The van der Waals surface area contributed by atoms with E-state index in [1.54, 1.807) is 13.0 Å². The van der Waals surface area contributed by atoms with Gasteiger partial charge in [-0.05, 0) is 31.0 Å². The van der Waals surface area contributed by atoms with Crippen LogP contribution in [0.1, 0.15) is 22.8 Å². The Labute approximate surface area is 93.4 Å². The predicted molar refractivity (Wildman–Crippen MR) is 59.6 cm³/mol. The van der Waals surface area contributed by atoms with Crippen molar-refractivity contribution in [1.29, 1.82) is 0 Å². The number of esters is 1. The number of carbonyl (C=O) groups is 1. The van der Waals surface area contributed by atoms with E-state index in [1.165, 1.54) is 0 Å². The van der Waals surface area contributed by atoms with Gasteiger partial charge in [0.1, 0.15) is 0 Å². The number of hydrogen-bond acceptors (Lipinski definition) is 3. The second-order valence-corrected chi connectivity index (χ2v) is 3.82. The second-order valence-electron chi connectivity index (χ2n) is 3.38. The van der Waals surface area contributed by atoms with E-state index in [9.17, 15) is 4.79 Å². The largest absolute Gasteiger partial charge is 0.462 e. The Bertz CT molecular complexity index is 404. The highest BCUT2D eigenvalue weighted by atomic mass is 35.5. The minimum atomic E-state index is -0.314. The highest BCUT2D eigenvalue weighted by molar-refractivity contribution is 6.31. The molecule has 0 unspecified atom stereocenters. The fourth-order valence-corrected chi connectivity index (χ4v) is 2.00. The molecule has 4 heteroatoms. The predicted octanol–water partition coefficient (Wildman–Crippen LogP) is 2.48. The van der Waals surface area contributed by atoms with Crippen molar-refractivity contribution in [2.75, 3.05) is 18.5 Å². The van der Waals surface area contributed by atoms with Gasteiger partial charge in [0.25, 0.3) is 0 Å². The molecule has 0 atom stereocenters. The molecule has 2 rings (SSSR count). The lowest BCUT2D eigenvalue weighted by atomic mass is 10.1. The zero-order chi connectivity index (χ0) is 10.8. The topological polar surface area (TPSA) is 38.3 Å². The lowest BCUT2D eigenvalue weighted by Gasteiger charge is -2.08. The Morgan fingerprint density at radius 3 is 3.13 bits per heavy atom. The van der Waals surface area contributed by atoms with Gasteiger partial charge in [-0.1, -0.05) is 11.6 Å². The van der Waals surface area contributed by atoms with Crippen LogP contribution in [0.4, 0.5) is 5.69 Å². The fourth-order valence-electron chi connectivity index (χ4n) is 1.76. The van der Waals surface area contributed by atoms with Crippen LogP contribution in [0.5, 0.6) is 0 Å². The van der Waals surface area contributed by atoms with Crippen LogP contribution in [0.2, 0.25) is 5.02 Å². The molecule has 0 saturated carbocycles. The van der Waals surface area contributed by atoms with E-state index >= 15 is 0 Å². The summed E-state index contributed by atoms with van der Waals surface area (Å²) in [6.45, 7) is 3.01. The molecule has 0 radical (unpaired) electrons. The first-order valence-corrected chi connectivity index (χ1v) is 5.33. The Morgan fingerprint density at radius 1 is 1.60 bits per heavy atom. The summed E-state index contributed by atoms with van der Waals surface area (Å²) in [5, 5.41) is 3.76. The first kappa shape index (κ1) is 10.3.